The fourth-order valence-corrected chi connectivity index (χ4v) is 3.63. The zero-order valence-electron chi connectivity index (χ0n) is 18.5. The number of nitrogens with one attached hydrogen (secondary N) is 1. The number of imide groups is 2. The number of benzene rings is 3. The highest BCUT2D eigenvalue weighted by molar-refractivity contribution is 6.42. The molecule has 1 N–H and O–H groups in total. The van der Waals surface area contributed by atoms with Crippen molar-refractivity contribution in [3.05, 3.63) is 94.0 Å². The van der Waals surface area contributed by atoms with Crippen LogP contribution in [0.1, 0.15) is 16.7 Å². The summed E-state index contributed by atoms with van der Waals surface area (Å²) in [4.78, 5) is 38.7. The number of anilines is 1. The summed E-state index contributed by atoms with van der Waals surface area (Å²) in [6.45, 7) is 2.37. The van der Waals surface area contributed by atoms with Gasteiger partial charge in [-0.25, -0.2) is 9.69 Å². The van der Waals surface area contributed by atoms with Crippen LogP contribution in [0.3, 0.4) is 0 Å². The van der Waals surface area contributed by atoms with E-state index in [1.165, 1.54) is 19.3 Å². The normalized spacial score (nSPS) is 14.9. The highest BCUT2D eigenvalue weighted by atomic mass is 35.5. The molecule has 7 nitrogen and oxygen atoms in total. The molecule has 0 radical (unpaired) electrons. The van der Waals surface area contributed by atoms with Gasteiger partial charge in [-0.15, -0.1) is 0 Å². The first-order valence-electron chi connectivity index (χ1n) is 10.4. The van der Waals surface area contributed by atoms with E-state index in [2.05, 4.69) is 5.32 Å². The number of hydrogen-bond acceptors (Lipinski definition) is 5. The van der Waals surface area contributed by atoms with E-state index in [0.29, 0.717) is 23.7 Å². The lowest BCUT2D eigenvalue weighted by Gasteiger charge is -2.27. The molecule has 0 atom stereocenters. The van der Waals surface area contributed by atoms with Gasteiger partial charge in [-0.05, 0) is 48.4 Å². The maximum Gasteiger partial charge on any atom is 0.335 e. The van der Waals surface area contributed by atoms with Crippen molar-refractivity contribution in [3.63, 3.8) is 0 Å². The second-order valence-electron chi connectivity index (χ2n) is 7.59. The van der Waals surface area contributed by atoms with Crippen LogP contribution in [-0.4, -0.2) is 25.0 Å². The molecule has 0 aromatic heterocycles. The number of aryl methyl sites for hydroxylation is 1. The van der Waals surface area contributed by atoms with E-state index in [9.17, 15) is 14.4 Å². The molecule has 1 heterocycles. The molecule has 3 aromatic rings. The van der Waals surface area contributed by atoms with Gasteiger partial charge in [0.25, 0.3) is 11.8 Å². The zero-order valence-corrected chi connectivity index (χ0v) is 19.3. The predicted octanol–water partition coefficient (Wildman–Crippen LogP) is 4.90. The minimum atomic E-state index is -0.863. The maximum atomic E-state index is 13.1. The topological polar surface area (TPSA) is 84.9 Å². The predicted molar refractivity (Wildman–Crippen MR) is 129 cm³/mol. The second kappa shape index (κ2) is 9.80. The summed E-state index contributed by atoms with van der Waals surface area (Å²) in [6, 6.07) is 18.6. The van der Waals surface area contributed by atoms with E-state index in [4.69, 9.17) is 21.1 Å². The Labute approximate surface area is 201 Å². The molecule has 34 heavy (non-hydrogen) atoms. The highest BCUT2D eigenvalue weighted by Gasteiger charge is 2.37. The van der Waals surface area contributed by atoms with E-state index in [-0.39, 0.29) is 16.3 Å². The van der Waals surface area contributed by atoms with Crippen LogP contribution < -0.4 is 19.7 Å². The first-order chi connectivity index (χ1) is 16.4. The summed E-state index contributed by atoms with van der Waals surface area (Å²) in [7, 11) is 1.50. The summed E-state index contributed by atoms with van der Waals surface area (Å²) in [5, 5.41) is 2.39. The third-order valence-corrected chi connectivity index (χ3v) is 5.53. The van der Waals surface area contributed by atoms with Gasteiger partial charge in [-0.3, -0.25) is 14.9 Å². The average molecular weight is 477 g/mol. The molecule has 8 heteroatoms. The van der Waals surface area contributed by atoms with Gasteiger partial charge in [0.2, 0.25) is 0 Å². The summed E-state index contributed by atoms with van der Waals surface area (Å²) in [5.74, 6) is -0.626. The van der Waals surface area contributed by atoms with Crippen LogP contribution in [0.2, 0.25) is 5.02 Å². The van der Waals surface area contributed by atoms with Crippen molar-refractivity contribution >= 4 is 41.2 Å². The van der Waals surface area contributed by atoms with Crippen molar-refractivity contribution in [3.8, 4) is 11.5 Å². The number of halogens is 1. The van der Waals surface area contributed by atoms with Gasteiger partial charge >= 0.3 is 6.03 Å². The van der Waals surface area contributed by atoms with E-state index in [0.717, 1.165) is 16.0 Å². The van der Waals surface area contributed by atoms with Crippen molar-refractivity contribution < 1.29 is 23.9 Å². The first-order valence-corrected chi connectivity index (χ1v) is 10.8. The van der Waals surface area contributed by atoms with E-state index in [1.54, 1.807) is 36.4 Å². The summed E-state index contributed by atoms with van der Waals surface area (Å²) in [6.07, 6.45) is 1.39. The number of ether oxygens (including phenoxy) is 2. The Morgan fingerprint density at radius 3 is 2.41 bits per heavy atom. The molecule has 4 amide bonds. The van der Waals surface area contributed by atoms with Gasteiger partial charge in [0.1, 0.15) is 12.2 Å². The molecular formula is C26H21ClN2O5. The SMILES string of the molecule is COc1cc(/C=C2\C(=O)NC(=O)N(c3ccccc3Cl)C2=O)ccc1OCc1ccc(C)cc1. The van der Waals surface area contributed by atoms with Gasteiger partial charge in [0, 0.05) is 0 Å². The number of barbiturate groups is 1. The number of amides is 4. The molecule has 3 aromatic carbocycles. The van der Waals surface area contributed by atoms with E-state index in [1.807, 2.05) is 31.2 Å². The molecule has 0 aliphatic carbocycles. The highest BCUT2D eigenvalue weighted by Crippen LogP contribution is 2.32. The molecule has 0 bridgehead atoms. The first kappa shape index (κ1) is 23.1. The van der Waals surface area contributed by atoms with Gasteiger partial charge in [0.05, 0.1) is 17.8 Å². The van der Waals surface area contributed by atoms with Gasteiger partial charge < -0.3 is 9.47 Å². The Balaban J connectivity index is 1.60. The van der Waals surface area contributed by atoms with Crippen LogP contribution >= 0.6 is 11.6 Å². The third kappa shape index (κ3) is 4.79. The Bertz CT molecular complexity index is 1300. The molecular weight excluding hydrogens is 456 g/mol. The Kier molecular flexibility index (Phi) is 6.65. The van der Waals surface area contributed by atoms with Crippen LogP contribution in [0.4, 0.5) is 10.5 Å². The van der Waals surface area contributed by atoms with Crippen molar-refractivity contribution in [1.82, 2.24) is 5.32 Å². The number of carbonyl (C=O) groups excluding carboxylic acids is 3. The van der Waals surface area contributed by atoms with E-state index < -0.39 is 17.8 Å². The minimum Gasteiger partial charge on any atom is -0.493 e. The molecule has 0 spiro atoms. The summed E-state index contributed by atoms with van der Waals surface area (Å²) in [5.41, 5.74) is 2.66. The molecule has 0 unspecified atom stereocenters. The van der Waals surface area contributed by atoms with Crippen LogP contribution in [0.15, 0.2) is 72.3 Å². The number of carbonyl (C=O) groups is 3. The summed E-state index contributed by atoms with van der Waals surface area (Å²) >= 11 is 6.16. The standard InChI is InChI=1S/C26H21ClN2O5/c1-16-7-9-17(10-8-16)15-34-22-12-11-18(14-23(22)33-2)13-19-24(30)28-26(32)29(25(19)31)21-6-4-3-5-20(21)27/h3-14H,15H2,1-2H3,(H,28,30,32)/b19-13+. The molecule has 1 aliphatic heterocycles. The van der Waals surface area contributed by atoms with E-state index >= 15 is 0 Å². The zero-order chi connectivity index (χ0) is 24.2. The molecule has 4 rings (SSSR count). The lowest BCUT2D eigenvalue weighted by Crippen LogP contribution is -2.54. The number of nitrogens with zero attached hydrogens (tertiary/aromatic N) is 1. The van der Waals surface area contributed by atoms with Crippen molar-refractivity contribution in [2.24, 2.45) is 0 Å². The fraction of sp³-hybridized carbons (Fsp3) is 0.115. The van der Waals surface area contributed by atoms with Crippen LogP contribution in [0, 0.1) is 6.92 Å². The number of rotatable bonds is 6. The van der Waals surface area contributed by atoms with Gasteiger partial charge in [-0.1, -0.05) is 59.6 Å². The van der Waals surface area contributed by atoms with Crippen LogP contribution in [0.25, 0.3) is 6.08 Å². The Hall–Kier alpha value is -4.10. The Morgan fingerprint density at radius 1 is 0.971 bits per heavy atom. The number of urea groups is 1. The monoisotopic (exact) mass is 476 g/mol. The molecule has 1 fully saturated rings. The fourth-order valence-electron chi connectivity index (χ4n) is 3.41. The van der Waals surface area contributed by atoms with Gasteiger partial charge in [-0.2, -0.15) is 0 Å². The average Bonchev–Trinajstić information content (AvgIpc) is 2.83. The smallest absolute Gasteiger partial charge is 0.335 e. The third-order valence-electron chi connectivity index (χ3n) is 5.21. The maximum absolute atomic E-state index is 13.1. The quantitative estimate of drug-likeness (QED) is 0.404. The molecule has 1 aliphatic rings. The number of hydrogen-bond donors (Lipinski definition) is 1. The molecule has 1 saturated heterocycles. The minimum absolute atomic E-state index is 0.183. The van der Waals surface area contributed by atoms with Crippen LogP contribution in [0.5, 0.6) is 11.5 Å². The number of methoxy groups -OCH3 is 1. The second-order valence-corrected chi connectivity index (χ2v) is 8.00. The van der Waals surface area contributed by atoms with Crippen LogP contribution in [-0.2, 0) is 16.2 Å². The lowest BCUT2D eigenvalue weighted by atomic mass is 10.1. The molecule has 0 saturated carbocycles. The van der Waals surface area contributed by atoms with Gasteiger partial charge in [0.15, 0.2) is 11.5 Å². The summed E-state index contributed by atoms with van der Waals surface area (Å²) < 4.78 is 11.3. The lowest BCUT2D eigenvalue weighted by molar-refractivity contribution is -0.122. The number of para-hydroxylation sites is 1. The van der Waals surface area contributed by atoms with Crippen molar-refractivity contribution in [2.45, 2.75) is 13.5 Å². The van der Waals surface area contributed by atoms with Crippen molar-refractivity contribution in [2.75, 3.05) is 12.0 Å². The largest absolute Gasteiger partial charge is 0.493 e. The molecule has 172 valence electrons. The van der Waals surface area contributed by atoms with Crippen molar-refractivity contribution in [1.29, 1.82) is 0 Å². The Morgan fingerprint density at radius 2 is 1.71 bits per heavy atom.